The van der Waals surface area contributed by atoms with Crippen molar-refractivity contribution >= 4 is 11.6 Å². The van der Waals surface area contributed by atoms with E-state index in [1.54, 1.807) is 31.4 Å². The summed E-state index contributed by atoms with van der Waals surface area (Å²) >= 11 is 0. The quantitative estimate of drug-likeness (QED) is 0.859. The average molecular weight is 246 g/mol. The van der Waals surface area contributed by atoms with Gasteiger partial charge in [-0.25, -0.2) is 4.98 Å². The van der Waals surface area contributed by atoms with E-state index in [1.165, 1.54) is 0 Å². The van der Waals surface area contributed by atoms with E-state index in [0.29, 0.717) is 23.7 Å². The first-order valence-electron chi connectivity index (χ1n) is 5.59. The third kappa shape index (κ3) is 2.65. The third-order valence-electron chi connectivity index (χ3n) is 2.40. The second-order valence-electron chi connectivity index (χ2n) is 3.65. The number of hydrogen-bond donors (Lipinski definition) is 2. The second-order valence-corrected chi connectivity index (χ2v) is 3.65. The van der Waals surface area contributed by atoms with Crippen LogP contribution in [0, 0.1) is 0 Å². The van der Waals surface area contributed by atoms with Gasteiger partial charge in [0.05, 0.1) is 7.11 Å². The van der Waals surface area contributed by atoms with Crippen molar-refractivity contribution in [1.29, 1.82) is 0 Å². The van der Waals surface area contributed by atoms with Crippen molar-refractivity contribution in [3.8, 4) is 5.75 Å². The van der Waals surface area contributed by atoms with Crippen LogP contribution in [0.1, 0.15) is 23.4 Å². The molecule has 0 spiro atoms. The number of ether oxygens (including phenoxy) is 1. The number of carbonyl (C=O) groups excluding carboxylic acids is 1. The van der Waals surface area contributed by atoms with Gasteiger partial charge in [0.25, 0.3) is 5.91 Å². The lowest BCUT2D eigenvalue weighted by molar-refractivity contribution is 0.101. The first kappa shape index (κ1) is 12.1. The summed E-state index contributed by atoms with van der Waals surface area (Å²) in [6, 6.07) is 7.10. The lowest BCUT2D eigenvalue weighted by Crippen LogP contribution is -2.13. The number of nitrogens with zero attached hydrogens (tertiary/aromatic N) is 2. The van der Waals surface area contributed by atoms with Crippen LogP contribution in [0.5, 0.6) is 5.75 Å². The number of nitrogens with one attached hydrogen (secondary N) is 2. The molecule has 0 fully saturated rings. The number of aromatic amines is 1. The summed E-state index contributed by atoms with van der Waals surface area (Å²) in [6.45, 7) is 1.93. The summed E-state index contributed by atoms with van der Waals surface area (Å²) in [5.41, 5.74) is 0.641. The minimum atomic E-state index is -0.348. The van der Waals surface area contributed by atoms with Gasteiger partial charge >= 0.3 is 0 Å². The molecule has 0 aliphatic carbocycles. The van der Waals surface area contributed by atoms with E-state index in [0.717, 1.165) is 0 Å². The monoisotopic (exact) mass is 246 g/mol. The molecule has 18 heavy (non-hydrogen) atoms. The molecule has 1 aromatic carbocycles. The van der Waals surface area contributed by atoms with Gasteiger partial charge in [-0.3, -0.25) is 9.89 Å². The second kappa shape index (κ2) is 5.31. The molecule has 0 saturated heterocycles. The molecule has 0 aliphatic heterocycles. The average Bonchev–Trinajstić information content (AvgIpc) is 2.88. The van der Waals surface area contributed by atoms with Gasteiger partial charge in [0, 0.05) is 18.2 Å². The normalized spacial score (nSPS) is 10.1. The number of aryl methyl sites for hydroxylation is 1. The van der Waals surface area contributed by atoms with Crippen LogP contribution >= 0.6 is 0 Å². The van der Waals surface area contributed by atoms with E-state index < -0.39 is 0 Å². The van der Waals surface area contributed by atoms with Crippen LogP contribution in [0.2, 0.25) is 0 Å². The number of H-pyrrole nitrogens is 1. The first-order chi connectivity index (χ1) is 8.72. The highest BCUT2D eigenvalue weighted by Gasteiger charge is 2.12. The minimum Gasteiger partial charge on any atom is -0.497 e. The Hall–Kier alpha value is -2.37. The molecule has 1 aromatic heterocycles. The predicted octanol–water partition coefficient (Wildman–Crippen LogP) is 1.63. The van der Waals surface area contributed by atoms with Crippen molar-refractivity contribution in [3.05, 3.63) is 35.9 Å². The number of methoxy groups -OCH3 is 1. The highest BCUT2D eigenvalue weighted by molar-refractivity contribution is 6.01. The molecule has 2 aromatic rings. The van der Waals surface area contributed by atoms with E-state index in [4.69, 9.17) is 4.74 Å². The van der Waals surface area contributed by atoms with Crippen molar-refractivity contribution in [1.82, 2.24) is 15.2 Å². The highest BCUT2D eigenvalue weighted by Crippen LogP contribution is 2.16. The van der Waals surface area contributed by atoms with Crippen LogP contribution in [0.15, 0.2) is 24.3 Å². The Morgan fingerprint density at radius 2 is 2.33 bits per heavy atom. The molecule has 0 unspecified atom stereocenters. The molecule has 1 heterocycles. The number of benzene rings is 1. The van der Waals surface area contributed by atoms with Gasteiger partial charge in [-0.15, -0.1) is 5.10 Å². The van der Waals surface area contributed by atoms with Crippen molar-refractivity contribution in [2.24, 2.45) is 0 Å². The van der Waals surface area contributed by atoms with E-state index in [2.05, 4.69) is 20.5 Å². The summed E-state index contributed by atoms with van der Waals surface area (Å²) in [4.78, 5) is 15.9. The molecule has 0 atom stereocenters. The van der Waals surface area contributed by atoms with Gasteiger partial charge in [0.2, 0.25) is 5.82 Å². The number of aromatic nitrogens is 3. The van der Waals surface area contributed by atoms with Crippen molar-refractivity contribution < 1.29 is 9.53 Å². The van der Waals surface area contributed by atoms with Gasteiger partial charge in [-0.1, -0.05) is 13.0 Å². The molecule has 0 saturated carbocycles. The first-order valence-corrected chi connectivity index (χ1v) is 5.59. The Morgan fingerprint density at radius 1 is 1.50 bits per heavy atom. The molecule has 94 valence electrons. The fourth-order valence-electron chi connectivity index (χ4n) is 1.44. The van der Waals surface area contributed by atoms with Gasteiger partial charge in [-0.05, 0) is 12.1 Å². The van der Waals surface area contributed by atoms with Crippen LogP contribution in [0.3, 0.4) is 0 Å². The van der Waals surface area contributed by atoms with Gasteiger partial charge in [0.1, 0.15) is 11.6 Å². The molecule has 6 nitrogen and oxygen atoms in total. The largest absolute Gasteiger partial charge is 0.497 e. The lowest BCUT2D eigenvalue weighted by Gasteiger charge is -2.04. The van der Waals surface area contributed by atoms with E-state index in [1.807, 2.05) is 6.92 Å². The van der Waals surface area contributed by atoms with Crippen molar-refractivity contribution in [2.45, 2.75) is 13.3 Å². The van der Waals surface area contributed by atoms with Crippen LogP contribution in [0.4, 0.5) is 5.69 Å². The predicted molar refractivity (Wildman–Crippen MR) is 66.7 cm³/mol. The maximum atomic E-state index is 11.8. The van der Waals surface area contributed by atoms with E-state index in [-0.39, 0.29) is 11.7 Å². The maximum absolute atomic E-state index is 11.8. The Morgan fingerprint density at radius 3 is 3.00 bits per heavy atom. The van der Waals surface area contributed by atoms with Gasteiger partial charge in [-0.2, -0.15) is 0 Å². The van der Waals surface area contributed by atoms with Gasteiger partial charge in [0.15, 0.2) is 0 Å². The van der Waals surface area contributed by atoms with E-state index in [9.17, 15) is 4.79 Å². The summed E-state index contributed by atoms with van der Waals surface area (Å²) in [7, 11) is 1.57. The number of carbonyl (C=O) groups is 1. The zero-order valence-corrected chi connectivity index (χ0v) is 10.2. The Balaban J connectivity index is 2.10. The highest BCUT2D eigenvalue weighted by atomic mass is 16.5. The summed E-state index contributed by atoms with van der Waals surface area (Å²) in [5, 5.41) is 9.25. The maximum Gasteiger partial charge on any atom is 0.295 e. The summed E-state index contributed by atoms with van der Waals surface area (Å²) < 4.78 is 5.07. The number of amides is 1. The fourth-order valence-corrected chi connectivity index (χ4v) is 1.44. The van der Waals surface area contributed by atoms with Crippen LogP contribution < -0.4 is 10.1 Å². The molecule has 0 aliphatic rings. The lowest BCUT2D eigenvalue weighted by atomic mass is 10.3. The SMILES string of the molecule is CCc1nc(C(=O)Nc2cccc(OC)c2)n[nH]1. The fraction of sp³-hybridized carbons (Fsp3) is 0.250. The van der Waals surface area contributed by atoms with Crippen LogP contribution in [0.25, 0.3) is 0 Å². The van der Waals surface area contributed by atoms with E-state index >= 15 is 0 Å². The molecular weight excluding hydrogens is 232 g/mol. The topological polar surface area (TPSA) is 79.9 Å². The van der Waals surface area contributed by atoms with Crippen LogP contribution in [-0.2, 0) is 6.42 Å². The summed E-state index contributed by atoms with van der Waals surface area (Å²) in [6.07, 6.45) is 0.708. The minimum absolute atomic E-state index is 0.134. The third-order valence-corrected chi connectivity index (χ3v) is 2.40. The van der Waals surface area contributed by atoms with Crippen molar-refractivity contribution in [3.63, 3.8) is 0 Å². The zero-order chi connectivity index (χ0) is 13.0. The molecule has 0 bridgehead atoms. The molecule has 1 amide bonds. The zero-order valence-electron chi connectivity index (χ0n) is 10.2. The number of rotatable bonds is 4. The number of hydrogen-bond acceptors (Lipinski definition) is 4. The number of anilines is 1. The molecule has 2 rings (SSSR count). The smallest absolute Gasteiger partial charge is 0.295 e. The molecule has 6 heteroatoms. The Labute approximate surface area is 104 Å². The molecule has 2 N–H and O–H groups in total. The molecule has 0 radical (unpaired) electrons. The van der Waals surface area contributed by atoms with Crippen molar-refractivity contribution in [2.75, 3.05) is 12.4 Å². The Kier molecular flexibility index (Phi) is 3.57. The standard InChI is InChI=1S/C12H14N4O2/c1-3-10-14-11(16-15-10)12(17)13-8-5-4-6-9(7-8)18-2/h4-7H,3H2,1-2H3,(H,13,17)(H,14,15,16). The van der Waals surface area contributed by atoms with Crippen LogP contribution in [-0.4, -0.2) is 28.2 Å². The van der Waals surface area contributed by atoms with Gasteiger partial charge < -0.3 is 10.1 Å². The Bertz CT molecular complexity index is 551. The summed E-state index contributed by atoms with van der Waals surface area (Å²) in [5.74, 6) is 1.15. The molecular formula is C12H14N4O2.